The first kappa shape index (κ1) is 23.1. The Balaban J connectivity index is 1.39. The number of carbonyl (C=O) groups excluding carboxylic acids is 1. The van der Waals surface area contributed by atoms with Crippen molar-refractivity contribution in [3.8, 4) is 10.4 Å². The first-order valence-electron chi connectivity index (χ1n) is 10.8. The number of aromatic nitrogens is 2. The lowest BCUT2D eigenvalue weighted by atomic mass is 9.90. The van der Waals surface area contributed by atoms with E-state index in [2.05, 4.69) is 15.3 Å². The van der Waals surface area contributed by atoms with Crippen LogP contribution >= 0.6 is 11.3 Å². The summed E-state index contributed by atoms with van der Waals surface area (Å²) in [6.07, 6.45) is 4.80. The maximum atomic E-state index is 13.5. The van der Waals surface area contributed by atoms with Crippen molar-refractivity contribution in [3.05, 3.63) is 59.9 Å². The highest BCUT2D eigenvalue weighted by molar-refractivity contribution is 7.18. The number of piperidine rings is 1. The van der Waals surface area contributed by atoms with E-state index in [0.29, 0.717) is 35.5 Å². The number of nitrogens with zero attached hydrogens (tertiary/aromatic N) is 3. The predicted molar refractivity (Wildman–Crippen MR) is 125 cm³/mol. The molecule has 1 saturated heterocycles. The molecule has 174 valence electrons. The third-order valence-corrected chi connectivity index (χ3v) is 6.31. The number of thiazole rings is 1. The second kappa shape index (κ2) is 9.43. The molecule has 1 amide bonds. The zero-order valence-corrected chi connectivity index (χ0v) is 19.6. The first-order valence-corrected chi connectivity index (χ1v) is 11.6. The molecule has 2 aromatic heterocycles. The lowest BCUT2D eigenvalue weighted by molar-refractivity contribution is 0.0205. The summed E-state index contributed by atoms with van der Waals surface area (Å²) in [5, 5.41) is 3.81. The largest absolute Gasteiger partial charge is 0.444 e. The number of hydrogen-bond acceptors (Lipinski definition) is 6. The normalized spacial score (nSPS) is 14.9. The van der Waals surface area contributed by atoms with Crippen LogP contribution in [-0.4, -0.2) is 39.7 Å². The number of benzene rings is 1. The number of likely N-dealkylation sites (tertiary alicyclic amines) is 1. The van der Waals surface area contributed by atoms with E-state index in [4.69, 9.17) is 4.74 Å². The number of amides is 1. The summed E-state index contributed by atoms with van der Waals surface area (Å²) in [6.45, 7) is 6.90. The molecule has 3 heterocycles. The van der Waals surface area contributed by atoms with Gasteiger partial charge in [-0.1, -0.05) is 17.4 Å². The summed E-state index contributed by atoms with van der Waals surface area (Å²) < 4.78 is 32.2. The predicted octanol–water partition coefficient (Wildman–Crippen LogP) is 6.34. The molecule has 1 fully saturated rings. The Bertz CT molecular complexity index is 1140. The molecule has 0 atom stereocenters. The maximum absolute atomic E-state index is 13.5. The Hall–Kier alpha value is -3.07. The highest BCUT2D eigenvalue weighted by atomic mass is 32.1. The van der Waals surface area contributed by atoms with E-state index < -0.39 is 17.2 Å². The van der Waals surface area contributed by atoms with Crippen LogP contribution in [0.5, 0.6) is 0 Å². The van der Waals surface area contributed by atoms with Gasteiger partial charge in [-0.05, 0) is 74.9 Å². The van der Waals surface area contributed by atoms with Gasteiger partial charge >= 0.3 is 6.09 Å². The van der Waals surface area contributed by atoms with Crippen LogP contribution in [0.2, 0.25) is 0 Å². The van der Waals surface area contributed by atoms with Gasteiger partial charge in [0.15, 0.2) is 16.8 Å². The van der Waals surface area contributed by atoms with Gasteiger partial charge in [-0.3, -0.25) is 0 Å². The summed E-state index contributed by atoms with van der Waals surface area (Å²) in [6, 6.07) is 7.78. The zero-order valence-electron chi connectivity index (χ0n) is 18.8. The fourth-order valence-electron chi connectivity index (χ4n) is 3.72. The molecule has 0 saturated carbocycles. The monoisotopic (exact) mass is 472 g/mol. The van der Waals surface area contributed by atoms with E-state index in [-0.39, 0.29) is 6.09 Å². The van der Waals surface area contributed by atoms with Crippen LogP contribution in [0.1, 0.15) is 45.1 Å². The second-order valence-electron chi connectivity index (χ2n) is 9.00. The van der Waals surface area contributed by atoms with Gasteiger partial charge in [0.05, 0.1) is 4.88 Å². The van der Waals surface area contributed by atoms with E-state index >= 15 is 0 Å². The lowest BCUT2D eigenvalue weighted by Gasteiger charge is -2.33. The number of pyridine rings is 1. The van der Waals surface area contributed by atoms with Gasteiger partial charge in [0.1, 0.15) is 11.4 Å². The number of rotatable bonds is 4. The summed E-state index contributed by atoms with van der Waals surface area (Å²) in [5.41, 5.74) is 1.21. The van der Waals surface area contributed by atoms with Gasteiger partial charge in [-0.15, -0.1) is 0 Å². The fraction of sp³-hybridized carbons (Fsp3) is 0.375. The molecule has 1 aliphatic heterocycles. The summed E-state index contributed by atoms with van der Waals surface area (Å²) in [5.74, 6) is -0.781. The standard InChI is InChI=1S/C24H26F2N4O2S/c1-24(2,3)32-23(31)30-10-7-15(8-11-30)16-6-9-27-21(13-16)29-22-28-14-20(33-22)17-4-5-18(25)19(26)12-17/h4-6,9,12-15H,7-8,10-11H2,1-3H3,(H,27,28,29). The Kier molecular flexibility index (Phi) is 6.60. The molecule has 0 unspecified atom stereocenters. The number of carbonyl (C=O) groups is 1. The molecule has 1 N–H and O–H groups in total. The van der Waals surface area contributed by atoms with Crippen molar-refractivity contribution in [1.82, 2.24) is 14.9 Å². The highest BCUT2D eigenvalue weighted by Crippen LogP contribution is 2.33. The molecule has 0 bridgehead atoms. The molecule has 33 heavy (non-hydrogen) atoms. The van der Waals surface area contributed by atoms with Crippen LogP contribution < -0.4 is 5.32 Å². The van der Waals surface area contributed by atoms with Crippen LogP contribution in [0.25, 0.3) is 10.4 Å². The van der Waals surface area contributed by atoms with Gasteiger partial charge in [0.25, 0.3) is 0 Å². The molecule has 0 spiro atoms. The molecule has 1 aliphatic rings. The summed E-state index contributed by atoms with van der Waals surface area (Å²) in [4.78, 5) is 23.5. The van der Waals surface area contributed by atoms with Crippen molar-refractivity contribution in [1.29, 1.82) is 0 Å². The lowest BCUT2D eigenvalue weighted by Crippen LogP contribution is -2.41. The van der Waals surface area contributed by atoms with Gasteiger partial charge in [-0.2, -0.15) is 0 Å². The van der Waals surface area contributed by atoms with Crippen molar-refractivity contribution in [2.24, 2.45) is 0 Å². The van der Waals surface area contributed by atoms with Gasteiger partial charge < -0.3 is 15.0 Å². The third kappa shape index (κ3) is 5.84. The van der Waals surface area contributed by atoms with E-state index in [0.717, 1.165) is 35.4 Å². The average Bonchev–Trinajstić information content (AvgIpc) is 3.23. The molecule has 4 rings (SSSR count). The molecule has 1 aromatic carbocycles. The minimum atomic E-state index is -0.887. The van der Waals surface area contributed by atoms with Crippen LogP contribution in [-0.2, 0) is 4.74 Å². The van der Waals surface area contributed by atoms with Crippen molar-refractivity contribution >= 4 is 28.4 Å². The SMILES string of the molecule is CC(C)(C)OC(=O)N1CCC(c2ccnc(Nc3ncc(-c4ccc(F)c(F)c4)s3)c2)CC1. The molecule has 6 nitrogen and oxygen atoms in total. The van der Waals surface area contributed by atoms with E-state index in [1.807, 2.05) is 32.9 Å². The Morgan fingerprint density at radius 2 is 1.88 bits per heavy atom. The molecule has 9 heteroatoms. The van der Waals surface area contributed by atoms with Crippen molar-refractivity contribution in [2.75, 3.05) is 18.4 Å². The molecular formula is C24H26F2N4O2S. The number of anilines is 2. The Morgan fingerprint density at radius 1 is 1.12 bits per heavy atom. The van der Waals surface area contributed by atoms with Gasteiger partial charge in [0, 0.05) is 25.5 Å². The fourth-order valence-corrected chi connectivity index (χ4v) is 4.53. The smallest absolute Gasteiger partial charge is 0.410 e. The highest BCUT2D eigenvalue weighted by Gasteiger charge is 2.27. The van der Waals surface area contributed by atoms with Gasteiger partial charge in [-0.25, -0.2) is 23.5 Å². The van der Waals surface area contributed by atoms with Crippen LogP contribution in [0.4, 0.5) is 24.5 Å². The van der Waals surface area contributed by atoms with Crippen LogP contribution in [0.3, 0.4) is 0 Å². The molecule has 3 aromatic rings. The van der Waals surface area contributed by atoms with Crippen LogP contribution in [0.15, 0.2) is 42.7 Å². The Labute approximate surface area is 195 Å². The first-order chi connectivity index (χ1) is 15.7. The Morgan fingerprint density at radius 3 is 2.58 bits per heavy atom. The quantitative estimate of drug-likeness (QED) is 0.480. The maximum Gasteiger partial charge on any atom is 0.410 e. The van der Waals surface area contributed by atoms with Crippen molar-refractivity contribution in [2.45, 2.75) is 45.1 Å². The average molecular weight is 473 g/mol. The van der Waals surface area contributed by atoms with Crippen LogP contribution in [0, 0.1) is 11.6 Å². The van der Waals surface area contributed by atoms with E-state index in [1.54, 1.807) is 17.3 Å². The summed E-state index contributed by atoms with van der Waals surface area (Å²) >= 11 is 1.34. The number of halogens is 2. The minimum absolute atomic E-state index is 0.265. The molecule has 0 radical (unpaired) electrons. The summed E-state index contributed by atoms with van der Waals surface area (Å²) in [7, 11) is 0. The number of ether oxygens (including phenoxy) is 1. The topological polar surface area (TPSA) is 67.3 Å². The van der Waals surface area contributed by atoms with Crippen molar-refractivity contribution in [3.63, 3.8) is 0 Å². The van der Waals surface area contributed by atoms with Crippen molar-refractivity contribution < 1.29 is 18.3 Å². The number of nitrogens with one attached hydrogen (secondary N) is 1. The van der Waals surface area contributed by atoms with E-state index in [9.17, 15) is 13.6 Å². The zero-order chi connectivity index (χ0) is 23.6. The third-order valence-electron chi connectivity index (χ3n) is 5.35. The molecular weight excluding hydrogens is 446 g/mol. The molecule has 0 aliphatic carbocycles. The van der Waals surface area contributed by atoms with E-state index in [1.165, 1.54) is 17.4 Å². The number of hydrogen-bond donors (Lipinski definition) is 1. The second-order valence-corrected chi connectivity index (χ2v) is 10.0. The minimum Gasteiger partial charge on any atom is -0.444 e. The van der Waals surface area contributed by atoms with Gasteiger partial charge in [0.2, 0.25) is 0 Å².